The molecule has 66 valence electrons. The molecule has 2 unspecified atom stereocenters. The summed E-state index contributed by atoms with van der Waals surface area (Å²) >= 11 is 0. The predicted octanol–water partition coefficient (Wildman–Crippen LogP) is 0.747. The summed E-state index contributed by atoms with van der Waals surface area (Å²) in [7, 11) is 0. The third-order valence-electron chi connectivity index (χ3n) is 2.01. The van der Waals surface area contributed by atoms with Gasteiger partial charge in [0.1, 0.15) is 0 Å². The fourth-order valence-electron chi connectivity index (χ4n) is 1.25. The van der Waals surface area contributed by atoms with Crippen molar-refractivity contribution in [3.8, 4) is 11.8 Å². The molecule has 0 aliphatic carbocycles. The second-order valence-corrected chi connectivity index (χ2v) is 3.02. The number of aliphatic carboxylic acids is 1. The van der Waals surface area contributed by atoms with E-state index in [2.05, 4.69) is 11.8 Å². The lowest BCUT2D eigenvalue weighted by Crippen LogP contribution is -2.24. The van der Waals surface area contributed by atoms with Crippen LogP contribution in [0.2, 0.25) is 0 Å². The summed E-state index contributed by atoms with van der Waals surface area (Å²) in [6.07, 6.45) is 0.849. The van der Waals surface area contributed by atoms with Crippen molar-refractivity contribution in [2.75, 3.05) is 13.2 Å². The molecule has 3 heteroatoms. The predicted molar refractivity (Wildman–Crippen MR) is 43.5 cm³/mol. The Morgan fingerprint density at radius 3 is 3.00 bits per heavy atom. The summed E-state index contributed by atoms with van der Waals surface area (Å²) in [5.41, 5.74) is 0. The van der Waals surface area contributed by atoms with Crippen molar-refractivity contribution in [2.24, 2.45) is 11.8 Å². The second kappa shape index (κ2) is 4.13. The molecule has 1 saturated heterocycles. The van der Waals surface area contributed by atoms with E-state index in [0.717, 1.165) is 6.42 Å². The summed E-state index contributed by atoms with van der Waals surface area (Å²) < 4.78 is 5.20. The molecule has 1 heterocycles. The van der Waals surface area contributed by atoms with Crippen molar-refractivity contribution >= 4 is 5.97 Å². The van der Waals surface area contributed by atoms with Gasteiger partial charge in [-0.2, -0.15) is 0 Å². The fraction of sp³-hybridized carbons (Fsp3) is 0.667. The molecule has 12 heavy (non-hydrogen) atoms. The molecule has 0 bridgehead atoms. The summed E-state index contributed by atoms with van der Waals surface area (Å²) in [6.45, 7) is 3.42. The van der Waals surface area contributed by atoms with Crippen molar-refractivity contribution in [1.82, 2.24) is 0 Å². The Kier molecular flexibility index (Phi) is 3.12. The van der Waals surface area contributed by atoms with Gasteiger partial charge in [0, 0.05) is 18.4 Å². The van der Waals surface area contributed by atoms with Crippen LogP contribution >= 0.6 is 0 Å². The third-order valence-corrected chi connectivity index (χ3v) is 2.01. The number of carbonyl (C=O) groups is 1. The minimum atomic E-state index is -1.05. The largest absolute Gasteiger partial charge is 0.472 e. The van der Waals surface area contributed by atoms with Crippen LogP contribution in [0.5, 0.6) is 0 Å². The Morgan fingerprint density at radius 2 is 2.42 bits per heavy atom. The Bertz CT molecular complexity index is 224. The van der Waals surface area contributed by atoms with Gasteiger partial charge in [0.2, 0.25) is 0 Å². The van der Waals surface area contributed by atoms with Crippen LogP contribution in [0.15, 0.2) is 0 Å². The minimum Gasteiger partial charge on any atom is -0.472 e. The maximum Gasteiger partial charge on any atom is 0.381 e. The number of hydrogen-bond acceptors (Lipinski definition) is 2. The van der Waals surface area contributed by atoms with E-state index in [0.29, 0.717) is 19.1 Å². The van der Waals surface area contributed by atoms with Crippen molar-refractivity contribution in [3.63, 3.8) is 0 Å². The molecule has 0 spiro atoms. The number of ether oxygens (including phenoxy) is 1. The summed E-state index contributed by atoms with van der Waals surface area (Å²) in [5, 5.41) is 8.33. The van der Waals surface area contributed by atoms with Crippen LogP contribution in [-0.2, 0) is 9.53 Å². The average molecular weight is 168 g/mol. The Hall–Kier alpha value is -1.01. The first-order chi connectivity index (χ1) is 5.70. The minimum absolute atomic E-state index is 0.190. The van der Waals surface area contributed by atoms with E-state index in [1.807, 2.05) is 6.92 Å². The molecule has 1 aliphatic heterocycles. The fourth-order valence-corrected chi connectivity index (χ4v) is 1.25. The molecule has 1 fully saturated rings. The molecule has 2 atom stereocenters. The topological polar surface area (TPSA) is 46.5 Å². The van der Waals surface area contributed by atoms with Gasteiger partial charge in [-0.15, -0.1) is 0 Å². The molecule has 1 N–H and O–H groups in total. The van der Waals surface area contributed by atoms with Gasteiger partial charge in [0.25, 0.3) is 0 Å². The maximum absolute atomic E-state index is 10.1. The molecule has 1 aliphatic rings. The molecule has 0 saturated carbocycles. The van der Waals surface area contributed by atoms with Crippen LogP contribution in [0, 0.1) is 23.7 Å². The van der Waals surface area contributed by atoms with E-state index in [-0.39, 0.29) is 5.92 Å². The van der Waals surface area contributed by atoms with Crippen LogP contribution in [0.3, 0.4) is 0 Å². The lowest BCUT2D eigenvalue weighted by atomic mass is 9.91. The van der Waals surface area contributed by atoms with E-state index in [4.69, 9.17) is 9.84 Å². The SMILES string of the molecule is CC1COCCC1C#CC(=O)O. The van der Waals surface area contributed by atoms with Gasteiger partial charge >= 0.3 is 5.97 Å². The molecular formula is C9H12O3. The monoisotopic (exact) mass is 168 g/mol. The Balaban J connectivity index is 2.51. The molecular weight excluding hydrogens is 156 g/mol. The van der Waals surface area contributed by atoms with Gasteiger partial charge in [0.15, 0.2) is 0 Å². The van der Waals surface area contributed by atoms with Crippen molar-refractivity contribution < 1.29 is 14.6 Å². The lowest BCUT2D eigenvalue weighted by Gasteiger charge is -2.24. The van der Waals surface area contributed by atoms with E-state index in [1.54, 1.807) is 0 Å². The van der Waals surface area contributed by atoms with Crippen LogP contribution in [0.25, 0.3) is 0 Å². The highest BCUT2D eigenvalue weighted by Gasteiger charge is 2.19. The highest BCUT2D eigenvalue weighted by molar-refractivity contribution is 5.86. The quantitative estimate of drug-likeness (QED) is 0.543. The van der Waals surface area contributed by atoms with E-state index < -0.39 is 5.97 Å². The van der Waals surface area contributed by atoms with Crippen molar-refractivity contribution in [2.45, 2.75) is 13.3 Å². The van der Waals surface area contributed by atoms with Gasteiger partial charge in [0.05, 0.1) is 6.61 Å². The second-order valence-electron chi connectivity index (χ2n) is 3.02. The first-order valence-electron chi connectivity index (χ1n) is 4.02. The number of rotatable bonds is 0. The molecule has 1 rings (SSSR count). The number of hydrogen-bond donors (Lipinski definition) is 1. The smallest absolute Gasteiger partial charge is 0.381 e. The summed E-state index contributed by atoms with van der Waals surface area (Å²) in [6, 6.07) is 0. The maximum atomic E-state index is 10.1. The van der Waals surface area contributed by atoms with Gasteiger partial charge in [-0.05, 0) is 12.3 Å². The van der Waals surface area contributed by atoms with Gasteiger partial charge in [-0.25, -0.2) is 4.79 Å². The zero-order valence-corrected chi connectivity index (χ0v) is 7.04. The molecule has 0 aromatic heterocycles. The Labute approximate surface area is 71.7 Å². The van der Waals surface area contributed by atoms with Crippen LogP contribution in [0.4, 0.5) is 0 Å². The molecule has 0 aromatic carbocycles. The average Bonchev–Trinajstić information content (AvgIpc) is 2.03. The van der Waals surface area contributed by atoms with Gasteiger partial charge < -0.3 is 9.84 Å². The van der Waals surface area contributed by atoms with Gasteiger partial charge in [-0.3, -0.25) is 0 Å². The zero-order valence-electron chi connectivity index (χ0n) is 7.04. The first-order valence-corrected chi connectivity index (χ1v) is 4.02. The van der Waals surface area contributed by atoms with Crippen molar-refractivity contribution in [3.05, 3.63) is 0 Å². The van der Waals surface area contributed by atoms with Crippen molar-refractivity contribution in [1.29, 1.82) is 0 Å². The lowest BCUT2D eigenvalue weighted by molar-refractivity contribution is -0.130. The summed E-state index contributed by atoms with van der Waals surface area (Å²) in [4.78, 5) is 10.1. The van der Waals surface area contributed by atoms with Crippen LogP contribution < -0.4 is 0 Å². The van der Waals surface area contributed by atoms with E-state index >= 15 is 0 Å². The standard InChI is InChI=1S/C9H12O3/c1-7-6-12-5-4-8(7)2-3-9(10)11/h7-8H,4-6H2,1H3,(H,10,11). The van der Waals surface area contributed by atoms with Crippen LogP contribution in [-0.4, -0.2) is 24.3 Å². The zero-order chi connectivity index (χ0) is 8.97. The van der Waals surface area contributed by atoms with E-state index in [9.17, 15) is 4.79 Å². The van der Waals surface area contributed by atoms with Gasteiger partial charge in [-0.1, -0.05) is 12.8 Å². The number of carboxylic acid groups (broad SMARTS) is 1. The first kappa shape index (κ1) is 9.08. The molecule has 3 nitrogen and oxygen atoms in total. The summed E-state index contributed by atoms with van der Waals surface area (Å²) in [5.74, 6) is 4.39. The highest BCUT2D eigenvalue weighted by Crippen LogP contribution is 2.19. The van der Waals surface area contributed by atoms with Crippen LogP contribution in [0.1, 0.15) is 13.3 Å². The number of carboxylic acids is 1. The molecule has 0 amide bonds. The van der Waals surface area contributed by atoms with E-state index in [1.165, 1.54) is 0 Å². The Morgan fingerprint density at radius 1 is 1.67 bits per heavy atom. The molecule has 0 aromatic rings. The highest BCUT2D eigenvalue weighted by atomic mass is 16.5. The third kappa shape index (κ3) is 2.55. The normalized spacial score (nSPS) is 28.8. The molecule has 0 radical (unpaired) electrons.